The average Bonchev–Trinajstić information content (AvgIpc) is 3.36. The third-order valence-corrected chi connectivity index (χ3v) is 7.86. The van der Waals surface area contributed by atoms with Crippen LogP contribution in [0, 0.1) is 17.8 Å². The van der Waals surface area contributed by atoms with Gasteiger partial charge in [-0.15, -0.1) is 0 Å². The minimum atomic E-state index is -1.53. The van der Waals surface area contributed by atoms with Crippen LogP contribution in [0.5, 0.6) is 0 Å². The zero-order valence-electron chi connectivity index (χ0n) is 20.8. The number of hydrogen-bond acceptors (Lipinski definition) is 4. The number of carboxylic acid groups (broad SMARTS) is 1. The lowest BCUT2D eigenvalue weighted by Gasteiger charge is -2.36. The van der Waals surface area contributed by atoms with Crippen LogP contribution in [0.15, 0.2) is 54.6 Å². The molecule has 2 aliphatic rings. The first-order chi connectivity index (χ1) is 16.8. The number of carbonyl (C=O) groups is 3. The molecule has 5 unspecified atom stereocenters. The van der Waals surface area contributed by atoms with E-state index in [9.17, 15) is 19.5 Å². The van der Waals surface area contributed by atoms with Gasteiger partial charge in [-0.2, -0.15) is 0 Å². The summed E-state index contributed by atoms with van der Waals surface area (Å²) < 4.78 is 0. The SMILES string of the molecule is CCc1cccc(CC)c1N1C(=O)C2C(/C=C/c3ccccc3)NC(C(=O)O)(C(C)CC)C2C1=O. The molecule has 0 radical (unpaired) electrons. The molecule has 2 N–H and O–H groups in total. The highest BCUT2D eigenvalue weighted by Crippen LogP contribution is 2.49. The Kier molecular flexibility index (Phi) is 6.95. The summed E-state index contributed by atoms with van der Waals surface area (Å²) >= 11 is 0. The van der Waals surface area contributed by atoms with Crippen LogP contribution in [0.4, 0.5) is 5.69 Å². The Hall–Kier alpha value is -3.25. The van der Waals surface area contributed by atoms with Crippen LogP contribution < -0.4 is 10.2 Å². The van der Waals surface area contributed by atoms with Gasteiger partial charge in [0, 0.05) is 6.04 Å². The van der Waals surface area contributed by atoms with Crippen LogP contribution in [0.2, 0.25) is 0 Å². The molecule has 2 aromatic rings. The van der Waals surface area contributed by atoms with Crippen molar-refractivity contribution in [2.45, 2.75) is 58.5 Å². The molecule has 0 bridgehead atoms. The number of benzene rings is 2. The van der Waals surface area contributed by atoms with Crippen molar-refractivity contribution in [3.8, 4) is 0 Å². The number of amides is 2. The van der Waals surface area contributed by atoms with Crippen molar-refractivity contribution in [3.63, 3.8) is 0 Å². The number of anilines is 1. The van der Waals surface area contributed by atoms with Gasteiger partial charge < -0.3 is 5.11 Å². The number of carbonyl (C=O) groups excluding carboxylic acids is 2. The van der Waals surface area contributed by atoms with Gasteiger partial charge in [0.25, 0.3) is 0 Å². The molecule has 0 saturated carbocycles. The topological polar surface area (TPSA) is 86.7 Å². The van der Waals surface area contributed by atoms with Crippen LogP contribution in [-0.2, 0) is 27.2 Å². The van der Waals surface area contributed by atoms with E-state index in [-0.39, 0.29) is 11.8 Å². The van der Waals surface area contributed by atoms with E-state index in [0.717, 1.165) is 16.7 Å². The fraction of sp³-hybridized carbons (Fsp3) is 0.414. The molecule has 0 aromatic heterocycles. The largest absolute Gasteiger partial charge is 0.480 e. The van der Waals surface area contributed by atoms with E-state index in [2.05, 4.69) is 5.32 Å². The summed E-state index contributed by atoms with van der Waals surface area (Å²) in [5.41, 5.74) is 1.89. The second-order valence-electron chi connectivity index (χ2n) is 9.57. The van der Waals surface area contributed by atoms with Gasteiger partial charge in [0.1, 0.15) is 5.54 Å². The molecule has 5 atom stereocenters. The van der Waals surface area contributed by atoms with Crippen molar-refractivity contribution in [2.24, 2.45) is 17.8 Å². The molecule has 6 nitrogen and oxygen atoms in total. The highest BCUT2D eigenvalue weighted by molar-refractivity contribution is 6.25. The third-order valence-electron chi connectivity index (χ3n) is 7.86. The van der Waals surface area contributed by atoms with Crippen LogP contribution in [0.25, 0.3) is 6.08 Å². The molecule has 2 amide bonds. The van der Waals surface area contributed by atoms with Gasteiger partial charge in [0.2, 0.25) is 11.8 Å². The number of nitrogens with one attached hydrogen (secondary N) is 1. The number of hydrogen-bond donors (Lipinski definition) is 2. The summed E-state index contributed by atoms with van der Waals surface area (Å²) in [5.74, 6) is -3.95. The van der Waals surface area contributed by atoms with Gasteiger partial charge >= 0.3 is 5.97 Å². The molecule has 2 aromatic carbocycles. The summed E-state index contributed by atoms with van der Waals surface area (Å²) in [6, 6.07) is 14.9. The molecule has 6 heteroatoms. The van der Waals surface area contributed by atoms with E-state index in [4.69, 9.17) is 0 Å². The predicted octanol–water partition coefficient (Wildman–Crippen LogP) is 4.47. The zero-order chi connectivity index (χ0) is 25.3. The molecule has 2 heterocycles. The van der Waals surface area contributed by atoms with E-state index in [1.807, 2.05) is 88.4 Å². The maximum absolute atomic E-state index is 14.1. The van der Waals surface area contributed by atoms with E-state index >= 15 is 0 Å². The fourth-order valence-electron chi connectivity index (χ4n) is 5.83. The van der Waals surface area contributed by atoms with Crippen molar-refractivity contribution in [1.82, 2.24) is 5.32 Å². The van der Waals surface area contributed by atoms with Crippen LogP contribution >= 0.6 is 0 Å². The number of aliphatic carboxylic acids is 1. The molecule has 2 aliphatic heterocycles. The summed E-state index contributed by atoms with van der Waals surface area (Å²) in [4.78, 5) is 42.2. The highest BCUT2D eigenvalue weighted by Gasteiger charge is 2.69. The molecular weight excluding hydrogens is 440 g/mol. The predicted molar refractivity (Wildman–Crippen MR) is 137 cm³/mol. The molecule has 2 fully saturated rings. The van der Waals surface area contributed by atoms with Gasteiger partial charge in [-0.3, -0.25) is 19.7 Å². The molecular formula is C29H34N2O4. The third kappa shape index (κ3) is 3.90. The van der Waals surface area contributed by atoms with Gasteiger partial charge in [-0.25, -0.2) is 4.90 Å². The Bertz CT molecular complexity index is 1140. The lowest BCUT2D eigenvalue weighted by atomic mass is 9.72. The van der Waals surface area contributed by atoms with Crippen molar-refractivity contribution in [3.05, 3.63) is 71.3 Å². The van der Waals surface area contributed by atoms with E-state index in [1.165, 1.54) is 4.90 Å². The minimum absolute atomic E-state index is 0.322. The number of nitrogens with zero attached hydrogens (tertiary/aromatic N) is 1. The molecule has 35 heavy (non-hydrogen) atoms. The first-order valence-corrected chi connectivity index (χ1v) is 12.5. The van der Waals surface area contributed by atoms with Crippen molar-refractivity contribution in [2.75, 3.05) is 4.90 Å². The standard InChI is InChI=1S/C29H34N2O4/c1-5-18(4)29(28(34)35)24-23(22(30-29)17-16-19-12-9-8-10-13-19)26(32)31(27(24)33)25-20(6-2)14-11-15-21(25)7-3/h8-18,22-24,30H,5-7H2,1-4H3,(H,34,35)/b17-16+. The van der Waals surface area contributed by atoms with Gasteiger partial charge in [-0.05, 0) is 35.4 Å². The van der Waals surface area contributed by atoms with Crippen molar-refractivity contribution >= 4 is 29.5 Å². The van der Waals surface area contributed by atoms with E-state index < -0.39 is 35.3 Å². The quantitative estimate of drug-likeness (QED) is 0.551. The first-order valence-electron chi connectivity index (χ1n) is 12.5. The molecule has 0 aliphatic carbocycles. The zero-order valence-corrected chi connectivity index (χ0v) is 20.8. The fourth-order valence-corrected chi connectivity index (χ4v) is 5.83. The second-order valence-corrected chi connectivity index (χ2v) is 9.57. The van der Waals surface area contributed by atoms with Gasteiger partial charge in [0.05, 0.1) is 17.5 Å². The Morgan fingerprint density at radius 1 is 1.03 bits per heavy atom. The molecule has 0 spiro atoms. The van der Waals surface area contributed by atoms with Gasteiger partial charge in [-0.1, -0.05) is 94.8 Å². The van der Waals surface area contributed by atoms with E-state index in [0.29, 0.717) is 24.9 Å². The van der Waals surface area contributed by atoms with Crippen LogP contribution in [0.3, 0.4) is 0 Å². The first kappa shape index (κ1) is 24.9. The highest BCUT2D eigenvalue weighted by atomic mass is 16.4. The summed E-state index contributed by atoms with van der Waals surface area (Å²) in [6.45, 7) is 7.76. The number of rotatable bonds is 8. The lowest BCUT2D eigenvalue weighted by Crippen LogP contribution is -2.60. The Labute approximate surface area is 207 Å². The number of carboxylic acids is 1. The number of aryl methyl sites for hydroxylation is 2. The molecule has 4 rings (SSSR count). The van der Waals surface area contributed by atoms with E-state index in [1.54, 1.807) is 0 Å². The monoisotopic (exact) mass is 474 g/mol. The smallest absolute Gasteiger partial charge is 0.325 e. The Morgan fingerprint density at radius 2 is 1.66 bits per heavy atom. The summed E-state index contributed by atoms with van der Waals surface area (Å²) in [5, 5.41) is 13.8. The number of para-hydroxylation sites is 1. The van der Waals surface area contributed by atoms with Crippen molar-refractivity contribution in [1.29, 1.82) is 0 Å². The number of imide groups is 1. The van der Waals surface area contributed by atoms with Crippen LogP contribution in [0.1, 0.15) is 50.8 Å². The normalized spacial score (nSPS) is 27.0. The minimum Gasteiger partial charge on any atom is -0.480 e. The molecule has 2 saturated heterocycles. The Balaban J connectivity index is 1.87. The van der Waals surface area contributed by atoms with Crippen LogP contribution in [-0.4, -0.2) is 34.5 Å². The number of fused-ring (bicyclic) bond motifs is 1. The summed E-state index contributed by atoms with van der Waals surface area (Å²) in [7, 11) is 0. The average molecular weight is 475 g/mol. The Morgan fingerprint density at radius 3 is 2.20 bits per heavy atom. The maximum atomic E-state index is 14.1. The maximum Gasteiger partial charge on any atom is 0.325 e. The second kappa shape index (κ2) is 9.78. The lowest BCUT2D eigenvalue weighted by molar-refractivity contribution is -0.151. The van der Waals surface area contributed by atoms with Crippen molar-refractivity contribution < 1.29 is 19.5 Å². The van der Waals surface area contributed by atoms with Gasteiger partial charge in [0.15, 0.2) is 0 Å². The molecule has 184 valence electrons. The summed E-state index contributed by atoms with van der Waals surface area (Å²) in [6.07, 6.45) is 5.63.